The van der Waals surface area contributed by atoms with E-state index in [1.807, 2.05) is 37.3 Å². The van der Waals surface area contributed by atoms with Crippen molar-refractivity contribution in [2.45, 2.75) is 19.4 Å². The first-order valence-corrected chi connectivity index (χ1v) is 9.08. The minimum absolute atomic E-state index is 0.000716. The van der Waals surface area contributed by atoms with Crippen molar-refractivity contribution in [3.63, 3.8) is 0 Å². The van der Waals surface area contributed by atoms with E-state index in [-0.39, 0.29) is 29.7 Å². The third-order valence-electron chi connectivity index (χ3n) is 4.95. The van der Waals surface area contributed by atoms with Crippen molar-refractivity contribution < 1.29 is 14.3 Å². The van der Waals surface area contributed by atoms with Gasteiger partial charge in [-0.25, -0.2) is 0 Å². The molecule has 1 aromatic carbocycles. The molecule has 6 heteroatoms. The maximum atomic E-state index is 12.3. The van der Waals surface area contributed by atoms with Crippen LogP contribution < -0.4 is 10.6 Å². The highest BCUT2D eigenvalue weighted by molar-refractivity contribution is 5.92. The molecule has 0 radical (unpaired) electrons. The molecule has 1 aromatic rings. The number of amides is 2. The van der Waals surface area contributed by atoms with E-state index < -0.39 is 0 Å². The zero-order valence-corrected chi connectivity index (χ0v) is 14.7. The highest BCUT2D eigenvalue weighted by Gasteiger charge is 2.48. The topological polar surface area (TPSA) is 70.7 Å². The number of ether oxygens (including phenoxy) is 1. The lowest BCUT2D eigenvalue weighted by molar-refractivity contribution is -0.127. The summed E-state index contributed by atoms with van der Waals surface area (Å²) in [6.07, 6.45) is 0.650. The molecular weight excluding hydrogens is 318 g/mol. The summed E-state index contributed by atoms with van der Waals surface area (Å²) >= 11 is 0. The number of benzene rings is 1. The summed E-state index contributed by atoms with van der Waals surface area (Å²) in [5.74, 6) is -0.382. The van der Waals surface area contributed by atoms with Gasteiger partial charge in [0, 0.05) is 26.2 Å². The first kappa shape index (κ1) is 17.9. The third kappa shape index (κ3) is 5.03. The van der Waals surface area contributed by atoms with E-state index in [1.54, 1.807) is 0 Å². The smallest absolute Gasteiger partial charge is 0.224 e. The number of hydrogen-bond donors (Lipinski definition) is 2. The highest BCUT2D eigenvalue weighted by atomic mass is 16.5. The quantitative estimate of drug-likeness (QED) is 0.772. The van der Waals surface area contributed by atoms with Crippen molar-refractivity contribution in [2.24, 2.45) is 11.8 Å². The summed E-state index contributed by atoms with van der Waals surface area (Å²) in [6.45, 7) is 6.79. The van der Waals surface area contributed by atoms with Crippen LogP contribution in [0.15, 0.2) is 30.3 Å². The molecule has 0 aromatic heterocycles. The number of morpholine rings is 1. The second-order valence-electron chi connectivity index (χ2n) is 6.83. The molecule has 25 heavy (non-hydrogen) atoms. The van der Waals surface area contributed by atoms with Crippen LogP contribution in [0, 0.1) is 11.8 Å². The van der Waals surface area contributed by atoms with Gasteiger partial charge in [-0.1, -0.05) is 30.3 Å². The van der Waals surface area contributed by atoms with E-state index in [4.69, 9.17) is 4.74 Å². The molecule has 3 unspecified atom stereocenters. The maximum absolute atomic E-state index is 12.3. The minimum Gasteiger partial charge on any atom is -0.379 e. The number of hydrogen-bond acceptors (Lipinski definition) is 4. The first-order valence-electron chi connectivity index (χ1n) is 9.08. The Bertz CT molecular complexity index is 587. The Kier molecular flexibility index (Phi) is 6.04. The summed E-state index contributed by atoms with van der Waals surface area (Å²) in [6, 6.07) is 9.82. The molecule has 2 aliphatic rings. The van der Waals surface area contributed by atoms with E-state index in [1.165, 1.54) is 0 Å². The van der Waals surface area contributed by atoms with E-state index in [9.17, 15) is 9.59 Å². The molecule has 1 saturated heterocycles. The summed E-state index contributed by atoms with van der Waals surface area (Å²) in [7, 11) is 0. The number of carbonyl (C=O) groups is 2. The molecule has 0 bridgehead atoms. The first-order chi connectivity index (χ1) is 12.1. The summed E-state index contributed by atoms with van der Waals surface area (Å²) in [5, 5.41) is 5.97. The normalized spacial score (nSPS) is 24.4. The van der Waals surface area contributed by atoms with Crippen molar-refractivity contribution in [1.29, 1.82) is 0 Å². The molecule has 2 N–H and O–H groups in total. The van der Waals surface area contributed by atoms with Crippen LogP contribution in [0.2, 0.25) is 0 Å². The maximum Gasteiger partial charge on any atom is 0.224 e. The van der Waals surface area contributed by atoms with Crippen LogP contribution in [0.4, 0.5) is 0 Å². The predicted octanol–water partition coefficient (Wildman–Crippen LogP) is 0.948. The lowest BCUT2D eigenvalue weighted by atomic mass is 10.1. The fraction of sp³-hybridized carbons (Fsp3) is 0.579. The van der Waals surface area contributed by atoms with Gasteiger partial charge in [-0.2, -0.15) is 0 Å². The SMILES string of the molecule is CC(NC(=O)C1CC1C(=O)NCCN1CCOCC1)c1ccccc1. The molecular formula is C19H27N3O3. The molecule has 2 fully saturated rings. The van der Waals surface area contributed by atoms with Crippen LogP contribution in [0.1, 0.15) is 24.9 Å². The van der Waals surface area contributed by atoms with Crippen LogP contribution in [0.5, 0.6) is 0 Å². The molecule has 1 aliphatic carbocycles. The van der Waals surface area contributed by atoms with Gasteiger partial charge < -0.3 is 15.4 Å². The standard InChI is InChI=1S/C19H27N3O3/c1-14(15-5-3-2-4-6-15)21-19(24)17-13-16(17)18(23)20-7-8-22-9-11-25-12-10-22/h2-6,14,16-17H,7-13H2,1H3,(H,20,23)(H,21,24). The molecule has 1 aliphatic heterocycles. The van der Waals surface area contributed by atoms with Gasteiger partial charge in [0.1, 0.15) is 0 Å². The van der Waals surface area contributed by atoms with Crippen LogP contribution in [0.25, 0.3) is 0 Å². The fourth-order valence-corrected chi connectivity index (χ4v) is 3.21. The summed E-state index contributed by atoms with van der Waals surface area (Å²) in [4.78, 5) is 26.8. The minimum atomic E-state index is -0.186. The van der Waals surface area contributed by atoms with E-state index >= 15 is 0 Å². The fourth-order valence-electron chi connectivity index (χ4n) is 3.21. The van der Waals surface area contributed by atoms with E-state index in [2.05, 4.69) is 15.5 Å². The zero-order valence-electron chi connectivity index (χ0n) is 14.7. The Morgan fingerprint density at radius 3 is 2.56 bits per heavy atom. The van der Waals surface area contributed by atoms with Gasteiger partial charge in [-0.05, 0) is 18.9 Å². The number of rotatable bonds is 7. The van der Waals surface area contributed by atoms with Crippen molar-refractivity contribution in [2.75, 3.05) is 39.4 Å². The Hall–Kier alpha value is -1.92. The van der Waals surface area contributed by atoms with E-state index in [0.717, 1.165) is 38.4 Å². The van der Waals surface area contributed by atoms with Crippen molar-refractivity contribution >= 4 is 11.8 Å². The van der Waals surface area contributed by atoms with Crippen LogP contribution in [-0.2, 0) is 14.3 Å². The Labute approximate surface area is 148 Å². The monoisotopic (exact) mass is 345 g/mol. The molecule has 2 amide bonds. The molecule has 3 rings (SSSR count). The Morgan fingerprint density at radius 2 is 1.84 bits per heavy atom. The van der Waals surface area contributed by atoms with Gasteiger partial charge in [0.25, 0.3) is 0 Å². The molecule has 3 atom stereocenters. The van der Waals surface area contributed by atoms with Crippen molar-refractivity contribution in [1.82, 2.24) is 15.5 Å². The van der Waals surface area contributed by atoms with Crippen LogP contribution in [-0.4, -0.2) is 56.1 Å². The van der Waals surface area contributed by atoms with Crippen LogP contribution >= 0.6 is 0 Å². The molecule has 1 saturated carbocycles. The van der Waals surface area contributed by atoms with Gasteiger partial charge in [-0.3, -0.25) is 14.5 Å². The highest BCUT2D eigenvalue weighted by Crippen LogP contribution is 2.39. The third-order valence-corrected chi connectivity index (χ3v) is 4.95. The molecule has 136 valence electrons. The predicted molar refractivity (Wildman–Crippen MR) is 94.9 cm³/mol. The average molecular weight is 345 g/mol. The average Bonchev–Trinajstić information content (AvgIpc) is 3.44. The van der Waals surface area contributed by atoms with Gasteiger partial charge in [0.05, 0.1) is 31.1 Å². The van der Waals surface area contributed by atoms with Crippen molar-refractivity contribution in [3.8, 4) is 0 Å². The lowest BCUT2D eigenvalue weighted by Gasteiger charge is -2.26. The number of carbonyl (C=O) groups excluding carboxylic acids is 2. The van der Waals surface area contributed by atoms with E-state index in [0.29, 0.717) is 13.0 Å². The van der Waals surface area contributed by atoms with Gasteiger partial charge in [0.15, 0.2) is 0 Å². The van der Waals surface area contributed by atoms with Gasteiger partial charge in [-0.15, -0.1) is 0 Å². The summed E-state index contributed by atoms with van der Waals surface area (Å²) < 4.78 is 5.31. The molecule has 0 spiro atoms. The number of nitrogens with one attached hydrogen (secondary N) is 2. The number of nitrogens with zero attached hydrogens (tertiary/aromatic N) is 1. The van der Waals surface area contributed by atoms with Gasteiger partial charge in [0.2, 0.25) is 11.8 Å². The van der Waals surface area contributed by atoms with Gasteiger partial charge >= 0.3 is 0 Å². The molecule has 1 heterocycles. The molecule has 6 nitrogen and oxygen atoms in total. The summed E-state index contributed by atoms with van der Waals surface area (Å²) in [5.41, 5.74) is 1.07. The second kappa shape index (κ2) is 8.45. The Balaban J connectivity index is 1.36. The largest absolute Gasteiger partial charge is 0.379 e. The van der Waals surface area contributed by atoms with Crippen molar-refractivity contribution in [3.05, 3.63) is 35.9 Å². The van der Waals surface area contributed by atoms with Crippen LogP contribution in [0.3, 0.4) is 0 Å². The Morgan fingerprint density at radius 1 is 1.16 bits per heavy atom. The zero-order chi connectivity index (χ0) is 17.6. The lowest BCUT2D eigenvalue weighted by Crippen LogP contribution is -2.41. The second-order valence-corrected chi connectivity index (χ2v) is 6.83.